The standard InChI is InChI=1S/C18H17BrFNO2/c1-23-14-5-6-16(19)12(8-14)9-18(22)21-17-7-3-11-2-4-13(20)10-15(11)17/h2,4-6,8,10,17H,3,7,9H2,1H3,(H,21,22). The summed E-state index contributed by atoms with van der Waals surface area (Å²) in [5.74, 6) is 0.366. The molecule has 0 heterocycles. The lowest BCUT2D eigenvalue weighted by Crippen LogP contribution is -2.28. The summed E-state index contributed by atoms with van der Waals surface area (Å²) in [6, 6.07) is 10.2. The maximum Gasteiger partial charge on any atom is 0.224 e. The van der Waals surface area contributed by atoms with Crippen LogP contribution >= 0.6 is 15.9 Å². The van der Waals surface area contributed by atoms with Crippen molar-refractivity contribution in [1.82, 2.24) is 5.32 Å². The molecule has 1 unspecified atom stereocenters. The van der Waals surface area contributed by atoms with Gasteiger partial charge in [-0.1, -0.05) is 22.0 Å². The number of benzene rings is 2. The second-order valence-corrected chi connectivity index (χ2v) is 6.49. The SMILES string of the molecule is COc1ccc(Br)c(CC(=O)NC2CCc3ccc(F)cc32)c1. The Morgan fingerprint density at radius 1 is 1.35 bits per heavy atom. The largest absolute Gasteiger partial charge is 0.497 e. The molecule has 120 valence electrons. The molecule has 0 aromatic heterocycles. The molecular weight excluding hydrogens is 361 g/mol. The number of methoxy groups -OCH3 is 1. The number of carbonyl (C=O) groups excluding carboxylic acids is 1. The van der Waals surface area contributed by atoms with E-state index in [4.69, 9.17) is 4.74 Å². The van der Waals surface area contributed by atoms with Gasteiger partial charge in [-0.05, 0) is 59.9 Å². The molecule has 0 radical (unpaired) electrons. The van der Waals surface area contributed by atoms with Gasteiger partial charge in [0.1, 0.15) is 11.6 Å². The molecule has 23 heavy (non-hydrogen) atoms. The van der Waals surface area contributed by atoms with E-state index in [0.717, 1.165) is 34.0 Å². The van der Waals surface area contributed by atoms with Crippen LogP contribution in [0.15, 0.2) is 40.9 Å². The van der Waals surface area contributed by atoms with Gasteiger partial charge in [-0.25, -0.2) is 4.39 Å². The molecule has 0 fully saturated rings. The number of aryl methyl sites for hydroxylation is 1. The molecule has 1 amide bonds. The molecular formula is C18H17BrFNO2. The first kappa shape index (κ1) is 16.0. The van der Waals surface area contributed by atoms with E-state index in [-0.39, 0.29) is 24.2 Å². The molecule has 3 nitrogen and oxygen atoms in total. The maximum atomic E-state index is 13.4. The van der Waals surface area contributed by atoms with Crippen molar-refractivity contribution in [3.05, 3.63) is 63.4 Å². The summed E-state index contributed by atoms with van der Waals surface area (Å²) >= 11 is 3.45. The molecule has 0 saturated heterocycles. The number of hydrogen-bond acceptors (Lipinski definition) is 2. The number of fused-ring (bicyclic) bond motifs is 1. The molecule has 0 aliphatic heterocycles. The van der Waals surface area contributed by atoms with Crippen LogP contribution in [0.3, 0.4) is 0 Å². The highest BCUT2D eigenvalue weighted by Crippen LogP contribution is 2.32. The lowest BCUT2D eigenvalue weighted by molar-refractivity contribution is -0.121. The second kappa shape index (κ2) is 6.71. The number of halogens is 2. The van der Waals surface area contributed by atoms with Crippen LogP contribution in [0.25, 0.3) is 0 Å². The Hall–Kier alpha value is -1.88. The fourth-order valence-electron chi connectivity index (χ4n) is 2.95. The summed E-state index contributed by atoms with van der Waals surface area (Å²) in [4.78, 5) is 12.3. The molecule has 0 saturated carbocycles. The Labute approximate surface area is 143 Å². The van der Waals surface area contributed by atoms with Crippen LogP contribution in [0.2, 0.25) is 0 Å². The molecule has 2 aromatic rings. The van der Waals surface area contributed by atoms with E-state index in [0.29, 0.717) is 5.75 Å². The van der Waals surface area contributed by atoms with E-state index in [1.54, 1.807) is 13.2 Å². The van der Waals surface area contributed by atoms with Gasteiger partial charge in [0.2, 0.25) is 5.91 Å². The van der Waals surface area contributed by atoms with E-state index in [2.05, 4.69) is 21.2 Å². The van der Waals surface area contributed by atoms with E-state index in [9.17, 15) is 9.18 Å². The first-order valence-corrected chi connectivity index (χ1v) is 8.26. The second-order valence-electron chi connectivity index (χ2n) is 5.64. The topological polar surface area (TPSA) is 38.3 Å². The summed E-state index contributed by atoms with van der Waals surface area (Å²) in [6.07, 6.45) is 1.92. The number of hydrogen-bond donors (Lipinski definition) is 1. The van der Waals surface area contributed by atoms with Crippen LogP contribution in [0.5, 0.6) is 5.75 Å². The summed E-state index contributed by atoms with van der Waals surface area (Å²) < 4.78 is 19.5. The molecule has 5 heteroatoms. The molecule has 2 aromatic carbocycles. The summed E-state index contributed by atoms with van der Waals surface area (Å²) in [7, 11) is 1.59. The van der Waals surface area contributed by atoms with Gasteiger partial charge in [0.15, 0.2) is 0 Å². The quantitative estimate of drug-likeness (QED) is 0.875. The van der Waals surface area contributed by atoms with Gasteiger partial charge in [-0.2, -0.15) is 0 Å². The molecule has 0 bridgehead atoms. The molecule has 1 atom stereocenters. The van der Waals surface area contributed by atoms with Crippen LogP contribution in [-0.4, -0.2) is 13.0 Å². The minimum Gasteiger partial charge on any atom is -0.497 e. The highest BCUT2D eigenvalue weighted by Gasteiger charge is 2.24. The average Bonchev–Trinajstić information content (AvgIpc) is 2.91. The Morgan fingerprint density at radius 2 is 2.17 bits per heavy atom. The van der Waals surface area contributed by atoms with Gasteiger partial charge in [-0.3, -0.25) is 4.79 Å². The van der Waals surface area contributed by atoms with Crippen molar-refractivity contribution in [2.24, 2.45) is 0 Å². The molecule has 1 aliphatic rings. The molecule has 1 N–H and O–H groups in total. The molecule has 1 aliphatic carbocycles. The number of ether oxygens (including phenoxy) is 1. The number of amides is 1. The Bertz CT molecular complexity index is 748. The van der Waals surface area contributed by atoms with Gasteiger partial charge in [0.05, 0.1) is 19.6 Å². The van der Waals surface area contributed by atoms with Crippen molar-refractivity contribution in [2.75, 3.05) is 7.11 Å². The Balaban J connectivity index is 1.71. The normalized spacial score (nSPS) is 16.0. The summed E-state index contributed by atoms with van der Waals surface area (Å²) in [5, 5.41) is 3.01. The highest BCUT2D eigenvalue weighted by molar-refractivity contribution is 9.10. The van der Waals surface area contributed by atoms with E-state index in [1.807, 2.05) is 18.2 Å². The maximum absolute atomic E-state index is 13.4. The van der Waals surface area contributed by atoms with Crippen LogP contribution in [-0.2, 0) is 17.6 Å². The number of rotatable bonds is 4. The van der Waals surface area contributed by atoms with Gasteiger partial charge in [0.25, 0.3) is 0 Å². The lowest BCUT2D eigenvalue weighted by Gasteiger charge is -2.15. The van der Waals surface area contributed by atoms with Gasteiger partial charge >= 0.3 is 0 Å². The van der Waals surface area contributed by atoms with Crippen molar-refractivity contribution in [2.45, 2.75) is 25.3 Å². The van der Waals surface area contributed by atoms with Gasteiger partial charge < -0.3 is 10.1 Å². The van der Waals surface area contributed by atoms with E-state index < -0.39 is 0 Å². The predicted octanol–water partition coefficient (Wildman–Crippen LogP) is 3.94. The average molecular weight is 378 g/mol. The van der Waals surface area contributed by atoms with Gasteiger partial charge in [-0.15, -0.1) is 0 Å². The van der Waals surface area contributed by atoms with Crippen LogP contribution in [0.4, 0.5) is 4.39 Å². The third-order valence-corrected chi connectivity index (χ3v) is 4.90. The van der Waals surface area contributed by atoms with E-state index >= 15 is 0 Å². The van der Waals surface area contributed by atoms with Crippen molar-refractivity contribution in [3.8, 4) is 5.75 Å². The zero-order chi connectivity index (χ0) is 16.4. The first-order valence-electron chi connectivity index (χ1n) is 7.47. The number of carbonyl (C=O) groups is 1. The van der Waals surface area contributed by atoms with Crippen LogP contribution in [0, 0.1) is 5.82 Å². The van der Waals surface area contributed by atoms with E-state index in [1.165, 1.54) is 12.1 Å². The predicted molar refractivity (Wildman–Crippen MR) is 90.0 cm³/mol. The van der Waals surface area contributed by atoms with Crippen molar-refractivity contribution < 1.29 is 13.9 Å². The summed E-state index contributed by atoms with van der Waals surface area (Å²) in [5.41, 5.74) is 2.86. The van der Waals surface area contributed by atoms with Crippen LogP contribution < -0.4 is 10.1 Å². The zero-order valence-electron chi connectivity index (χ0n) is 12.7. The third kappa shape index (κ3) is 3.55. The Morgan fingerprint density at radius 3 is 2.96 bits per heavy atom. The van der Waals surface area contributed by atoms with Gasteiger partial charge in [0, 0.05) is 4.47 Å². The van der Waals surface area contributed by atoms with Crippen LogP contribution in [0.1, 0.15) is 29.2 Å². The van der Waals surface area contributed by atoms with Crippen molar-refractivity contribution in [3.63, 3.8) is 0 Å². The third-order valence-electron chi connectivity index (χ3n) is 4.12. The van der Waals surface area contributed by atoms with Crippen molar-refractivity contribution >= 4 is 21.8 Å². The smallest absolute Gasteiger partial charge is 0.224 e. The molecule has 0 spiro atoms. The zero-order valence-corrected chi connectivity index (χ0v) is 14.3. The fraction of sp³-hybridized carbons (Fsp3) is 0.278. The monoisotopic (exact) mass is 377 g/mol. The lowest BCUT2D eigenvalue weighted by atomic mass is 10.1. The first-order chi connectivity index (χ1) is 11.1. The highest BCUT2D eigenvalue weighted by atomic mass is 79.9. The number of nitrogens with one attached hydrogen (secondary N) is 1. The minimum absolute atomic E-state index is 0.0823. The molecule has 3 rings (SSSR count). The van der Waals surface area contributed by atoms with Crippen molar-refractivity contribution in [1.29, 1.82) is 0 Å². The Kier molecular flexibility index (Phi) is 4.66. The minimum atomic E-state index is -0.263. The fourth-order valence-corrected chi connectivity index (χ4v) is 3.34. The summed E-state index contributed by atoms with van der Waals surface area (Å²) in [6.45, 7) is 0.